The summed E-state index contributed by atoms with van der Waals surface area (Å²) in [7, 11) is 1.58. The van der Waals surface area contributed by atoms with E-state index in [1.165, 1.54) is 0 Å². The van der Waals surface area contributed by atoms with Gasteiger partial charge in [0.25, 0.3) is 6.01 Å². The number of imidazole rings is 1. The number of hydrogen-bond acceptors (Lipinski definition) is 13. The van der Waals surface area contributed by atoms with Crippen molar-refractivity contribution in [2.24, 2.45) is 0 Å². The molecule has 0 radical (unpaired) electrons. The molecule has 8 rings (SSSR count). The van der Waals surface area contributed by atoms with Gasteiger partial charge in [-0.05, 0) is 101 Å². The molecule has 7 aromatic rings. The maximum atomic E-state index is 12.5. The summed E-state index contributed by atoms with van der Waals surface area (Å²) >= 11 is 25.6. The zero-order chi connectivity index (χ0) is 47.1. The highest BCUT2D eigenvalue weighted by atomic mass is 35.5. The number of methoxy groups -OCH3 is 1. The SMILES string of the molecule is CC(C)(C)N1C(=O)Cc2ccc(Oc3c(Cl)cc(CC(=O)c4noc(=O)[nH]4)cc3Cl)cc21.COc1nc2ccc(Oc3c(Cl)cc(CC(=O)c4noc(=O)[nH]4)cc3Cl)cc2n1C(C)(C)C.Cl. The van der Waals surface area contributed by atoms with Gasteiger partial charge in [-0.25, -0.2) is 9.59 Å². The number of amides is 1. The number of nitrogens with zero attached hydrogens (tertiary/aromatic N) is 5. The van der Waals surface area contributed by atoms with E-state index in [9.17, 15) is 24.0 Å². The lowest BCUT2D eigenvalue weighted by molar-refractivity contribution is -0.118. The normalized spacial score (nSPS) is 12.3. The number of benzene rings is 4. The number of carbonyl (C=O) groups is 3. The highest BCUT2D eigenvalue weighted by molar-refractivity contribution is 6.38. The maximum absolute atomic E-state index is 12.5. The molecule has 0 atom stereocenters. The number of nitrogens with one attached hydrogen (secondary N) is 2. The molecule has 1 aliphatic heterocycles. The Bertz CT molecular complexity index is 3080. The minimum Gasteiger partial charge on any atom is -0.468 e. The van der Waals surface area contributed by atoms with E-state index in [2.05, 4.69) is 34.3 Å². The van der Waals surface area contributed by atoms with Crippen LogP contribution in [0.15, 0.2) is 79.3 Å². The van der Waals surface area contributed by atoms with E-state index >= 15 is 0 Å². The molecule has 0 saturated carbocycles. The Kier molecular flexibility index (Phi) is 14.5. The second-order valence-electron chi connectivity index (χ2n) is 16.7. The van der Waals surface area contributed by atoms with Gasteiger partial charge in [-0.1, -0.05) is 62.8 Å². The Morgan fingerprint density at radius 2 is 1.17 bits per heavy atom. The van der Waals surface area contributed by atoms with Gasteiger partial charge in [0, 0.05) is 36.1 Å². The fraction of sp³-hybridized carbons (Fsp3) is 0.273. The summed E-state index contributed by atoms with van der Waals surface area (Å²) < 4.78 is 28.1. The van der Waals surface area contributed by atoms with Crippen molar-refractivity contribution in [3.05, 3.63) is 130 Å². The third-order valence-electron chi connectivity index (χ3n) is 9.70. The first-order valence-electron chi connectivity index (χ1n) is 19.6. The van der Waals surface area contributed by atoms with Crippen molar-refractivity contribution >= 4 is 93.0 Å². The molecular weight excluding hydrogens is 964 g/mol. The molecule has 4 aromatic carbocycles. The molecule has 3 aromatic heterocycles. The molecule has 0 aliphatic carbocycles. The molecule has 1 amide bonds. The van der Waals surface area contributed by atoms with Crippen molar-refractivity contribution in [1.29, 1.82) is 0 Å². The first-order chi connectivity index (χ1) is 30.6. The lowest BCUT2D eigenvalue weighted by Crippen LogP contribution is -2.43. The number of carbonyl (C=O) groups excluding carboxylic acids is 3. The molecular formula is C44H40Cl5N7O10. The summed E-state index contributed by atoms with van der Waals surface area (Å²) in [5, 5.41) is 7.62. The Hall–Kier alpha value is -6.11. The van der Waals surface area contributed by atoms with Gasteiger partial charge in [-0.3, -0.25) is 38.0 Å². The first-order valence-corrected chi connectivity index (χ1v) is 21.1. The van der Waals surface area contributed by atoms with Crippen molar-refractivity contribution < 1.29 is 37.6 Å². The highest BCUT2D eigenvalue weighted by Gasteiger charge is 2.35. The van der Waals surface area contributed by atoms with Crippen molar-refractivity contribution in [3.8, 4) is 29.0 Å². The average molecular weight is 1000 g/mol. The Morgan fingerprint density at radius 1 is 0.697 bits per heavy atom. The van der Waals surface area contributed by atoms with Gasteiger partial charge in [0.05, 0.1) is 50.3 Å². The molecule has 0 fully saturated rings. The van der Waals surface area contributed by atoms with Crippen LogP contribution in [0, 0.1) is 0 Å². The number of ketones is 2. The van der Waals surface area contributed by atoms with Crippen LogP contribution >= 0.6 is 58.8 Å². The standard InChI is InChI=1S/C22H20Cl2N4O5.C22H19Cl2N3O5.ClH/c1-22(2,3)28-16-10-12(5-6-15(16)25-20(28)31-4)32-18-13(23)7-11(8-14(18)24)9-17(29)19-26-21(30)33-27-19;1-22(2,3)27-16-10-13(5-4-12(16)9-18(27)29)31-19-14(23)6-11(7-15(19)24)8-17(28)20-25-21(30)32-26-20;/h5-8,10H,9H2,1-4H3,(H,26,27,30);4-7,10H,8-9H2,1-3H3,(H,25,26,30);1H. The van der Waals surface area contributed by atoms with Crippen LogP contribution in [0.25, 0.3) is 11.0 Å². The van der Waals surface area contributed by atoms with Gasteiger partial charge in [-0.15, -0.1) is 12.4 Å². The number of Topliss-reactive ketones (excluding diaryl/α,β-unsaturated/α-hetero) is 2. The third kappa shape index (κ3) is 10.8. The van der Waals surface area contributed by atoms with E-state index in [1.807, 2.05) is 64.3 Å². The Labute approximate surface area is 401 Å². The van der Waals surface area contributed by atoms with Crippen molar-refractivity contribution in [2.75, 3.05) is 12.0 Å². The average Bonchev–Trinajstić information content (AvgIpc) is 4.01. The molecule has 346 valence electrons. The molecule has 0 spiro atoms. The lowest BCUT2D eigenvalue weighted by atomic mass is 10.1. The van der Waals surface area contributed by atoms with Crippen LogP contribution in [0.1, 0.15) is 79.5 Å². The zero-order valence-corrected chi connectivity index (χ0v) is 40.0. The number of anilines is 1. The molecule has 1 aliphatic rings. The molecule has 17 nitrogen and oxygen atoms in total. The van der Waals surface area contributed by atoms with Crippen LogP contribution < -0.4 is 30.6 Å². The van der Waals surface area contributed by atoms with Crippen LogP contribution in [0.4, 0.5) is 5.69 Å². The predicted molar refractivity (Wildman–Crippen MR) is 249 cm³/mol. The number of fused-ring (bicyclic) bond motifs is 2. The first kappa shape index (κ1) is 49.3. The molecule has 4 heterocycles. The summed E-state index contributed by atoms with van der Waals surface area (Å²) in [4.78, 5) is 69.7. The molecule has 66 heavy (non-hydrogen) atoms. The third-order valence-corrected chi connectivity index (χ3v) is 10.8. The van der Waals surface area contributed by atoms with Crippen LogP contribution in [0.5, 0.6) is 29.0 Å². The number of hydrogen-bond donors (Lipinski definition) is 2. The molecule has 0 bridgehead atoms. The van der Waals surface area contributed by atoms with E-state index < -0.39 is 23.1 Å². The van der Waals surface area contributed by atoms with Gasteiger partial charge in [-0.2, -0.15) is 4.98 Å². The zero-order valence-electron chi connectivity index (χ0n) is 36.1. The van der Waals surface area contributed by atoms with E-state index in [0.29, 0.717) is 35.1 Å². The van der Waals surface area contributed by atoms with E-state index in [-0.39, 0.29) is 85.5 Å². The molecule has 2 N–H and O–H groups in total. The monoisotopic (exact) mass is 1000 g/mol. The quantitative estimate of drug-likeness (QED) is 0.115. The summed E-state index contributed by atoms with van der Waals surface area (Å²) in [6, 6.07) is 17.5. The number of rotatable bonds is 11. The van der Waals surface area contributed by atoms with Gasteiger partial charge in [0.15, 0.2) is 11.5 Å². The van der Waals surface area contributed by atoms with Crippen molar-refractivity contribution in [3.63, 3.8) is 0 Å². The summed E-state index contributed by atoms with van der Waals surface area (Å²) in [6.07, 6.45) is 0.163. The summed E-state index contributed by atoms with van der Waals surface area (Å²) in [6.45, 7) is 12.0. The topological polar surface area (TPSA) is 218 Å². The molecule has 0 unspecified atom stereocenters. The summed E-state index contributed by atoms with van der Waals surface area (Å²) in [5.41, 5.74) is 3.68. The fourth-order valence-corrected chi connectivity index (χ4v) is 8.27. The minimum atomic E-state index is -0.811. The van der Waals surface area contributed by atoms with Crippen LogP contribution in [-0.4, -0.2) is 60.0 Å². The lowest BCUT2D eigenvalue weighted by Gasteiger charge is -2.32. The van der Waals surface area contributed by atoms with Gasteiger partial charge < -0.3 is 19.1 Å². The Morgan fingerprint density at radius 3 is 1.59 bits per heavy atom. The number of H-pyrrole nitrogens is 2. The van der Waals surface area contributed by atoms with Crippen LogP contribution in [0.2, 0.25) is 20.1 Å². The number of aromatic nitrogens is 6. The van der Waals surface area contributed by atoms with Gasteiger partial charge >= 0.3 is 11.5 Å². The van der Waals surface area contributed by atoms with Gasteiger partial charge in [0.1, 0.15) is 11.5 Å². The smallest absolute Gasteiger partial charge is 0.439 e. The maximum Gasteiger partial charge on any atom is 0.439 e. The van der Waals surface area contributed by atoms with Crippen LogP contribution in [-0.2, 0) is 29.6 Å². The molecule has 22 heteroatoms. The minimum absolute atomic E-state index is 0. The van der Waals surface area contributed by atoms with E-state index in [4.69, 9.17) is 60.6 Å². The van der Waals surface area contributed by atoms with Crippen molar-refractivity contribution in [2.45, 2.75) is 71.9 Å². The predicted octanol–water partition coefficient (Wildman–Crippen LogP) is 10.00. The number of ether oxygens (including phenoxy) is 3. The molecule has 0 saturated heterocycles. The Balaban J connectivity index is 0.000000215. The fourth-order valence-electron chi connectivity index (χ4n) is 7.06. The van der Waals surface area contributed by atoms with Gasteiger partial charge in [0.2, 0.25) is 29.1 Å². The number of aromatic amines is 2. The number of halogens is 5. The van der Waals surface area contributed by atoms with E-state index in [0.717, 1.165) is 22.3 Å². The van der Waals surface area contributed by atoms with E-state index in [1.54, 1.807) is 54.5 Å². The van der Waals surface area contributed by atoms with Crippen molar-refractivity contribution in [1.82, 2.24) is 29.8 Å². The largest absolute Gasteiger partial charge is 0.468 e. The highest BCUT2D eigenvalue weighted by Crippen LogP contribution is 2.43. The van der Waals surface area contributed by atoms with Crippen LogP contribution in [0.3, 0.4) is 0 Å². The second-order valence-corrected chi connectivity index (χ2v) is 18.3. The summed E-state index contributed by atoms with van der Waals surface area (Å²) in [5.74, 6) is -1.39. The second kappa shape index (κ2) is 19.4.